The summed E-state index contributed by atoms with van der Waals surface area (Å²) in [7, 11) is 0. The molecule has 2 rings (SSSR count). The molecular formula is C15H22O4. The molecule has 0 radical (unpaired) electrons. The van der Waals surface area contributed by atoms with Gasteiger partial charge < -0.3 is 14.3 Å². The summed E-state index contributed by atoms with van der Waals surface area (Å²) in [5.74, 6) is 0.297. The number of carbonyl (C=O) groups is 2. The molecule has 2 aliphatic rings. The largest absolute Gasteiger partial charge is 0.463 e. The van der Waals surface area contributed by atoms with Gasteiger partial charge in [0.25, 0.3) is 0 Å². The van der Waals surface area contributed by atoms with Crippen molar-refractivity contribution in [2.75, 3.05) is 6.61 Å². The zero-order chi connectivity index (χ0) is 13.8. The highest BCUT2D eigenvalue weighted by Gasteiger charge is 2.37. The maximum atomic E-state index is 12.0. The molecule has 0 aromatic carbocycles. The van der Waals surface area contributed by atoms with Crippen LogP contribution in [-0.2, 0) is 19.1 Å². The van der Waals surface area contributed by atoms with Gasteiger partial charge in [0.2, 0.25) is 0 Å². The Morgan fingerprint density at radius 1 is 1.42 bits per heavy atom. The molecule has 0 bridgehead atoms. The summed E-state index contributed by atoms with van der Waals surface area (Å²) in [6.45, 7) is 4.14. The first-order valence-corrected chi connectivity index (χ1v) is 7.12. The van der Waals surface area contributed by atoms with Crippen LogP contribution in [0.25, 0.3) is 0 Å². The normalized spacial score (nSPS) is 29.8. The molecule has 1 aliphatic carbocycles. The second kappa shape index (κ2) is 6.33. The van der Waals surface area contributed by atoms with Crippen molar-refractivity contribution < 1.29 is 19.1 Å². The van der Waals surface area contributed by atoms with Crippen LogP contribution in [0.15, 0.2) is 11.1 Å². The Kier molecular flexibility index (Phi) is 4.75. The predicted octanol–water partition coefficient (Wildman–Crippen LogP) is 2.41. The van der Waals surface area contributed by atoms with Crippen LogP contribution >= 0.6 is 0 Å². The van der Waals surface area contributed by atoms with E-state index in [9.17, 15) is 9.59 Å². The monoisotopic (exact) mass is 266 g/mol. The summed E-state index contributed by atoms with van der Waals surface area (Å²) in [6, 6.07) is 0. The van der Waals surface area contributed by atoms with E-state index >= 15 is 0 Å². The van der Waals surface area contributed by atoms with Gasteiger partial charge in [0.05, 0.1) is 18.8 Å². The van der Waals surface area contributed by atoms with Gasteiger partial charge >= 0.3 is 5.97 Å². The molecule has 4 heteroatoms. The third kappa shape index (κ3) is 3.66. The van der Waals surface area contributed by atoms with Crippen molar-refractivity contribution in [2.45, 2.75) is 58.2 Å². The Labute approximate surface area is 114 Å². The Bertz CT molecular complexity index is 382. The minimum atomic E-state index is -0.340. The fourth-order valence-electron chi connectivity index (χ4n) is 2.73. The molecular weight excluding hydrogens is 244 g/mol. The molecule has 2 atom stereocenters. The average Bonchev–Trinajstić information content (AvgIpc) is 3.19. The molecule has 1 aliphatic heterocycles. The van der Waals surface area contributed by atoms with Crippen LogP contribution in [0.3, 0.4) is 0 Å². The summed E-state index contributed by atoms with van der Waals surface area (Å²) in [6.07, 6.45) is 5.20. The van der Waals surface area contributed by atoms with Gasteiger partial charge in [-0.2, -0.15) is 0 Å². The molecule has 0 aromatic rings. The minimum Gasteiger partial charge on any atom is -0.463 e. The Hall–Kier alpha value is -1.16. The average molecular weight is 266 g/mol. The van der Waals surface area contributed by atoms with Crippen LogP contribution in [0.2, 0.25) is 0 Å². The molecule has 0 aromatic heterocycles. The molecule has 4 nitrogen and oxygen atoms in total. The predicted molar refractivity (Wildman–Crippen MR) is 70.6 cm³/mol. The summed E-state index contributed by atoms with van der Waals surface area (Å²) >= 11 is 0. The Morgan fingerprint density at radius 3 is 2.74 bits per heavy atom. The van der Waals surface area contributed by atoms with Gasteiger partial charge in [0.15, 0.2) is 0 Å². The summed E-state index contributed by atoms with van der Waals surface area (Å²) in [5, 5.41) is 0. The molecule has 1 heterocycles. The first-order valence-electron chi connectivity index (χ1n) is 7.12. The molecule has 1 saturated carbocycles. The van der Waals surface area contributed by atoms with Crippen molar-refractivity contribution in [3.05, 3.63) is 11.1 Å². The zero-order valence-electron chi connectivity index (χ0n) is 11.7. The number of carbonyl (C=O) groups excluding carboxylic acids is 2. The van der Waals surface area contributed by atoms with E-state index in [2.05, 4.69) is 0 Å². The summed E-state index contributed by atoms with van der Waals surface area (Å²) < 4.78 is 11.0. The van der Waals surface area contributed by atoms with Crippen molar-refractivity contribution in [1.82, 2.24) is 0 Å². The summed E-state index contributed by atoms with van der Waals surface area (Å²) in [5.41, 5.74) is 1.61. The van der Waals surface area contributed by atoms with Crippen molar-refractivity contribution in [3.63, 3.8) is 0 Å². The van der Waals surface area contributed by atoms with Crippen molar-refractivity contribution >= 4 is 12.3 Å². The van der Waals surface area contributed by atoms with Crippen LogP contribution in [0.1, 0.15) is 46.0 Å². The lowest BCUT2D eigenvalue weighted by atomic mass is 9.90. The fraction of sp³-hybridized carbons (Fsp3) is 0.733. The number of esters is 1. The number of rotatable bonds is 5. The quantitative estimate of drug-likeness (QED) is 0.435. The minimum absolute atomic E-state index is 0.116. The number of ether oxygens (including phenoxy) is 2. The van der Waals surface area contributed by atoms with E-state index in [1.807, 2.05) is 6.92 Å². The number of aldehydes is 1. The smallest absolute Gasteiger partial charge is 0.334 e. The highest BCUT2D eigenvalue weighted by molar-refractivity contribution is 5.92. The lowest BCUT2D eigenvalue weighted by molar-refractivity contribution is -0.139. The molecule has 2 fully saturated rings. The number of hydrogen-bond donors (Lipinski definition) is 0. The van der Waals surface area contributed by atoms with E-state index in [4.69, 9.17) is 9.47 Å². The molecule has 0 spiro atoms. The molecule has 0 amide bonds. The van der Waals surface area contributed by atoms with Crippen LogP contribution in [0, 0.1) is 5.92 Å². The van der Waals surface area contributed by atoms with E-state index in [1.165, 1.54) is 12.8 Å². The lowest BCUT2D eigenvalue weighted by Crippen LogP contribution is -2.30. The van der Waals surface area contributed by atoms with Gasteiger partial charge in [0.1, 0.15) is 6.29 Å². The summed E-state index contributed by atoms with van der Waals surface area (Å²) in [4.78, 5) is 22.8. The molecule has 0 unspecified atom stereocenters. The topological polar surface area (TPSA) is 52.6 Å². The van der Waals surface area contributed by atoms with Gasteiger partial charge in [-0.05, 0) is 45.4 Å². The SMILES string of the molecule is CCOC(=O)/C(CC=O)=C1/C[C@@H](C)O[C@H](C2CC2)C1. The van der Waals surface area contributed by atoms with Crippen molar-refractivity contribution in [2.24, 2.45) is 5.92 Å². The second-order valence-corrected chi connectivity index (χ2v) is 5.40. The van der Waals surface area contributed by atoms with Crippen LogP contribution in [0.4, 0.5) is 0 Å². The zero-order valence-corrected chi connectivity index (χ0v) is 11.7. The standard InChI is InChI=1S/C15H22O4/c1-3-18-15(17)13(6-7-16)12-8-10(2)19-14(9-12)11-4-5-11/h7,10-11,14H,3-6,8-9H2,1-2H3/b13-12-/t10-,14+/m1/s1. The van der Waals surface area contributed by atoms with Crippen LogP contribution in [0.5, 0.6) is 0 Å². The molecule has 106 valence electrons. The third-order valence-corrected chi connectivity index (χ3v) is 3.77. The van der Waals surface area contributed by atoms with E-state index in [1.54, 1.807) is 6.92 Å². The Morgan fingerprint density at radius 2 is 2.16 bits per heavy atom. The highest BCUT2D eigenvalue weighted by atomic mass is 16.5. The molecule has 1 saturated heterocycles. The molecule has 0 N–H and O–H groups in total. The maximum absolute atomic E-state index is 12.0. The van der Waals surface area contributed by atoms with E-state index in [0.29, 0.717) is 18.1 Å². The Balaban J connectivity index is 2.17. The second-order valence-electron chi connectivity index (χ2n) is 5.40. The van der Waals surface area contributed by atoms with E-state index in [-0.39, 0.29) is 24.6 Å². The van der Waals surface area contributed by atoms with Gasteiger partial charge in [-0.15, -0.1) is 0 Å². The lowest BCUT2D eigenvalue weighted by Gasteiger charge is -2.31. The first-order chi connectivity index (χ1) is 9.15. The van der Waals surface area contributed by atoms with Crippen molar-refractivity contribution in [1.29, 1.82) is 0 Å². The van der Waals surface area contributed by atoms with Crippen LogP contribution < -0.4 is 0 Å². The van der Waals surface area contributed by atoms with Gasteiger partial charge in [-0.1, -0.05) is 5.57 Å². The van der Waals surface area contributed by atoms with Crippen LogP contribution in [-0.4, -0.2) is 31.1 Å². The van der Waals surface area contributed by atoms with Gasteiger partial charge in [0, 0.05) is 12.0 Å². The fourth-order valence-corrected chi connectivity index (χ4v) is 2.73. The van der Waals surface area contributed by atoms with E-state index in [0.717, 1.165) is 24.7 Å². The maximum Gasteiger partial charge on any atom is 0.334 e. The number of hydrogen-bond acceptors (Lipinski definition) is 4. The highest BCUT2D eigenvalue weighted by Crippen LogP contribution is 2.41. The van der Waals surface area contributed by atoms with Crippen molar-refractivity contribution in [3.8, 4) is 0 Å². The third-order valence-electron chi connectivity index (χ3n) is 3.77. The van der Waals surface area contributed by atoms with Gasteiger partial charge in [-0.3, -0.25) is 0 Å². The molecule has 19 heavy (non-hydrogen) atoms. The first kappa shape index (κ1) is 14.3. The van der Waals surface area contributed by atoms with Gasteiger partial charge in [-0.25, -0.2) is 4.79 Å². The van der Waals surface area contributed by atoms with E-state index < -0.39 is 0 Å².